The molecular formula is C16H22N2O2. The van der Waals surface area contributed by atoms with Crippen molar-refractivity contribution in [2.75, 3.05) is 13.1 Å². The normalized spacial score (nSPS) is 21.3. The number of H-pyrrole nitrogens is 1. The number of amides is 1. The van der Waals surface area contributed by atoms with E-state index >= 15 is 0 Å². The van der Waals surface area contributed by atoms with E-state index in [1.54, 1.807) is 12.3 Å². The van der Waals surface area contributed by atoms with Crippen LogP contribution in [-0.2, 0) is 4.79 Å². The summed E-state index contributed by atoms with van der Waals surface area (Å²) in [5.74, 6) is 1.07. The summed E-state index contributed by atoms with van der Waals surface area (Å²) < 4.78 is 0. The Morgan fingerprint density at radius 3 is 2.50 bits per heavy atom. The second kappa shape index (κ2) is 5.81. The van der Waals surface area contributed by atoms with Gasteiger partial charge in [-0.15, -0.1) is 0 Å². The largest absolute Gasteiger partial charge is 0.342 e. The first kappa shape index (κ1) is 13.4. The van der Waals surface area contributed by atoms with Crippen molar-refractivity contribution in [2.45, 2.75) is 44.4 Å². The van der Waals surface area contributed by atoms with Gasteiger partial charge in [-0.1, -0.05) is 12.8 Å². The molecule has 1 amide bonds. The zero-order valence-electron chi connectivity index (χ0n) is 11.8. The van der Waals surface area contributed by atoms with E-state index in [0.29, 0.717) is 11.8 Å². The summed E-state index contributed by atoms with van der Waals surface area (Å²) in [4.78, 5) is 28.4. The van der Waals surface area contributed by atoms with Crippen molar-refractivity contribution in [2.24, 2.45) is 5.92 Å². The van der Waals surface area contributed by atoms with Gasteiger partial charge < -0.3 is 9.88 Å². The average molecular weight is 274 g/mol. The molecule has 20 heavy (non-hydrogen) atoms. The van der Waals surface area contributed by atoms with Gasteiger partial charge in [-0.2, -0.15) is 0 Å². The first-order chi connectivity index (χ1) is 9.74. The van der Waals surface area contributed by atoms with Gasteiger partial charge in [-0.05, 0) is 43.2 Å². The summed E-state index contributed by atoms with van der Waals surface area (Å²) in [5.41, 5.74) is 1.08. The number of rotatable bonds is 2. The number of carbonyl (C=O) groups excluding carboxylic acids is 1. The first-order valence-corrected chi connectivity index (χ1v) is 7.71. The fourth-order valence-electron chi connectivity index (χ4n) is 3.58. The van der Waals surface area contributed by atoms with Gasteiger partial charge in [-0.3, -0.25) is 9.59 Å². The van der Waals surface area contributed by atoms with E-state index < -0.39 is 0 Å². The van der Waals surface area contributed by atoms with Gasteiger partial charge >= 0.3 is 0 Å². The molecule has 1 aromatic heterocycles. The number of aromatic amines is 1. The fourth-order valence-corrected chi connectivity index (χ4v) is 3.58. The summed E-state index contributed by atoms with van der Waals surface area (Å²) >= 11 is 0. The van der Waals surface area contributed by atoms with Crippen LogP contribution < -0.4 is 5.56 Å². The molecule has 0 atom stereocenters. The van der Waals surface area contributed by atoms with Crippen molar-refractivity contribution in [3.05, 3.63) is 34.2 Å². The molecular weight excluding hydrogens is 252 g/mol. The van der Waals surface area contributed by atoms with Crippen LogP contribution in [0.2, 0.25) is 0 Å². The van der Waals surface area contributed by atoms with Crippen LogP contribution in [0.1, 0.15) is 50.0 Å². The summed E-state index contributed by atoms with van der Waals surface area (Å²) in [6.45, 7) is 1.68. The highest BCUT2D eigenvalue weighted by Gasteiger charge is 2.30. The van der Waals surface area contributed by atoms with Crippen LogP contribution in [0.25, 0.3) is 0 Å². The third-order valence-electron chi connectivity index (χ3n) is 4.78. The molecule has 2 heterocycles. The van der Waals surface area contributed by atoms with E-state index in [2.05, 4.69) is 4.98 Å². The van der Waals surface area contributed by atoms with Crippen molar-refractivity contribution >= 4 is 5.91 Å². The smallest absolute Gasteiger partial charge is 0.248 e. The molecule has 1 aliphatic heterocycles. The number of nitrogens with zero attached hydrogens (tertiary/aromatic N) is 1. The van der Waals surface area contributed by atoms with E-state index in [4.69, 9.17) is 0 Å². The fraction of sp³-hybridized carbons (Fsp3) is 0.625. The van der Waals surface area contributed by atoms with Gasteiger partial charge in [0.25, 0.3) is 0 Å². The van der Waals surface area contributed by atoms with Crippen LogP contribution in [0.3, 0.4) is 0 Å². The van der Waals surface area contributed by atoms with Gasteiger partial charge in [0.05, 0.1) is 0 Å². The molecule has 0 unspecified atom stereocenters. The molecule has 108 valence electrons. The zero-order valence-corrected chi connectivity index (χ0v) is 11.8. The van der Waals surface area contributed by atoms with E-state index in [9.17, 15) is 9.59 Å². The SMILES string of the molecule is O=C(C1CCCC1)N1CCC(c2cc[nH]c(=O)c2)CC1. The van der Waals surface area contributed by atoms with E-state index in [1.807, 2.05) is 11.0 Å². The number of likely N-dealkylation sites (tertiary alicyclic amines) is 1. The Bertz CT molecular complexity index is 523. The second-order valence-electron chi connectivity index (χ2n) is 6.07. The van der Waals surface area contributed by atoms with E-state index in [-0.39, 0.29) is 11.5 Å². The minimum atomic E-state index is -0.0352. The van der Waals surface area contributed by atoms with E-state index in [0.717, 1.165) is 44.3 Å². The third-order valence-corrected chi connectivity index (χ3v) is 4.78. The molecule has 0 radical (unpaired) electrons. The van der Waals surface area contributed by atoms with Crippen molar-refractivity contribution in [1.82, 2.24) is 9.88 Å². The maximum Gasteiger partial charge on any atom is 0.248 e. The highest BCUT2D eigenvalue weighted by atomic mass is 16.2. The lowest BCUT2D eigenvalue weighted by atomic mass is 9.89. The van der Waals surface area contributed by atoms with Crippen LogP contribution >= 0.6 is 0 Å². The number of hydrogen-bond acceptors (Lipinski definition) is 2. The van der Waals surface area contributed by atoms with Crippen LogP contribution in [0.15, 0.2) is 23.1 Å². The van der Waals surface area contributed by atoms with Gasteiger partial charge in [-0.25, -0.2) is 0 Å². The van der Waals surface area contributed by atoms with Crippen molar-refractivity contribution in [3.63, 3.8) is 0 Å². The number of piperidine rings is 1. The highest BCUT2D eigenvalue weighted by Crippen LogP contribution is 2.31. The third kappa shape index (κ3) is 2.79. The lowest BCUT2D eigenvalue weighted by Crippen LogP contribution is -2.40. The topological polar surface area (TPSA) is 53.2 Å². The number of hydrogen-bond donors (Lipinski definition) is 1. The number of carbonyl (C=O) groups is 1. The quantitative estimate of drug-likeness (QED) is 0.899. The second-order valence-corrected chi connectivity index (χ2v) is 6.07. The molecule has 0 aromatic carbocycles. The molecule has 1 aliphatic carbocycles. The standard InChI is InChI=1S/C16H22N2O2/c19-15-11-14(5-8-17-15)12-6-9-18(10-7-12)16(20)13-3-1-2-4-13/h5,8,11-13H,1-4,6-7,9-10H2,(H,17,19). The molecule has 1 N–H and O–H groups in total. The van der Waals surface area contributed by atoms with Crippen LogP contribution in [0, 0.1) is 5.92 Å². The summed E-state index contributed by atoms with van der Waals surface area (Å²) in [6, 6.07) is 3.68. The lowest BCUT2D eigenvalue weighted by molar-refractivity contribution is -0.136. The molecule has 4 heteroatoms. The highest BCUT2D eigenvalue weighted by molar-refractivity contribution is 5.79. The number of nitrogens with one attached hydrogen (secondary N) is 1. The van der Waals surface area contributed by atoms with Gasteiger partial charge in [0, 0.05) is 31.3 Å². The van der Waals surface area contributed by atoms with Gasteiger partial charge in [0.2, 0.25) is 11.5 Å². The molecule has 1 saturated carbocycles. The maximum absolute atomic E-state index is 12.4. The Balaban J connectivity index is 1.59. The molecule has 1 saturated heterocycles. The molecule has 0 bridgehead atoms. The average Bonchev–Trinajstić information content (AvgIpc) is 3.01. The molecule has 0 spiro atoms. The van der Waals surface area contributed by atoms with Crippen molar-refractivity contribution in [1.29, 1.82) is 0 Å². The predicted octanol–water partition coefficient (Wildman–Crippen LogP) is 2.27. The van der Waals surface area contributed by atoms with Crippen molar-refractivity contribution in [3.8, 4) is 0 Å². The minimum absolute atomic E-state index is 0.0352. The van der Waals surface area contributed by atoms with Crippen LogP contribution in [0.5, 0.6) is 0 Å². The monoisotopic (exact) mass is 274 g/mol. The Kier molecular flexibility index (Phi) is 3.90. The predicted molar refractivity (Wildman–Crippen MR) is 77.6 cm³/mol. The Hall–Kier alpha value is -1.58. The molecule has 4 nitrogen and oxygen atoms in total. The van der Waals surface area contributed by atoms with Gasteiger partial charge in [0.1, 0.15) is 0 Å². The number of pyridine rings is 1. The van der Waals surface area contributed by atoms with Gasteiger partial charge in [0.15, 0.2) is 0 Å². The van der Waals surface area contributed by atoms with Crippen LogP contribution in [-0.4, -0.2) is 28.9 Å². The Labute approximate surface area is 119 Å². The summed E-state index contributed by atoms with van der Waals surface area (Å²) in [6.07, 6.45) is 8.23. The Morgan fingerprint density at radius 2 is 1.85 bits per heavy atom. The van der Waals surface area contributed by atoms with Crippen molar-refractivity contribution < 1.29 is 4.79 Å². The first-order valence-electron chi connectivity index (χ1n) is 7.71. The van der Waals surface area contributed by atoms with Crippen LogP contribution in [0.4, 0.5) is 0 Å². The summed E-state index contributed by atoms with van der Waals surface area (Å²) in [7, 11) is 0. The minimum Gasteiger partial charge on any atom is -0.342 e. The molecule has 2 fully saturated rings. The molecule has 1 aromatic rings. The lowest BCUT2D eigenvalue weighted by Gasteiger charge is -2.33. The summed E-state index contributed by atoms with van der Waals surface area (Å²) in [5, 5.41) is 0. The Morgan fingerprint density at radius 1 is 1.15 bits per heavy atom. The zero-order chi connectivity index (χ0) is 13.9. The molecule has 2 aliphatic rings. The maximum atomic E-state index is 12.4. The number of aromatic nitrogens is 1. The molecule has 3 rings (SSSR count). The van der Waals surface area contributed by atoms with E-state index in [1.165, 1.54) is 12.8 Å².